The van der Waals surface area contributed by atoms with Crippen molar-refractivity contribution in [2.45, 2.75) is 25.8 Å². The number of rotatable bonds is 4. The van der Waals surface area contributed by atoms with Crippen molar-refractivity contribution in [3.63, 3.8) is 0 Å². The number of nitrogens with zero attached hydrogens (tertiary/aromatic N) is 4. The van der Waals surface area contributed by atoms with Crippen LogP contribution >= 0.6 is 0 Å². The fourth-order valence-electron chi connectivity index (χ4n) is 3.41. The van der Waals surface area contributed by atoms with Crippen molar-refractivity contribution in [1.29, 1.82) is 0 Å². The Bertz CT molecular complexity index is 611. The van der Waals surface area contributed by atoms with Gasteiger partial charge in [0.05, 0.1) is 12.2 Å². The third-order valence-corrected chi connectivity index (χ3v) is 4.89. The van der Waals surface area contributed by atoms with Crippen LogP contribution in [0.25, 0.3) is 0 Å². The van der Waals surface area contributed by atoms with E-state index in [1.165, 1.54) is 6.20 Å². The first kappa shape index (κ1) is 17.7. The Balaban J connectivity index is 1.68. The number of carbonyl (C=O) groups excluding carboxylic acids is 2. The van der Waals surface area contributed by atoms with E-state index in [0.29, 0.717) is 24.6 Å². The smallest absolute Gasteiger partial charge is 0.256 e. The average molecular weight is 346 g/mol. The summed E-state index contributed by atoms with van der Waals surface area (Å²) in [7, 11) is 2.06. The molecule has 3 rings (SSSR count). The van der Waals surface area contributed by atoms with E-state index in [1.54, 1.807) is 17.0 Å². The molecule has 0 saturated carbocycles. The second-order valence-electron chi connectivity index (χ2n) is 6.60. The van der Waals surface area contributed by atoms with Crippen LogP contribution in [-0.2, 0) is 4.79 Å². The van der Waals surface area contributed by atoms with E-state index in [0.717, 1.165) is 39.0 Å². The van der Waals surface area contributed by atoms with Crippen LogP contribution in [0, 0.1) is 0 Å². The van der Waals surface area contributed by atoms with Crippen LogP contribution < -0.4 is 4.74 Å². The Morgan fingerprint density at radius 3 is 2.60 bits per heavy atom. The summed E-state index contributed by atoms with van der Waals surface area (Å²) in [6.45, 7) is 6.28. The molecule has 7 heteroatoms. The minimum atomic E-state index is -0.345. The van der Waals surface area contributed by atoms with Gasteiger partial charge in [0.25, 0.3) is 5.91 Å². The van der Waals surface area contributed by atoms with E-state index in [1.807, 2.05) is 11.8 Å². The predicted molar refractivity (Wildman–Crippen MR) is 93.5 cm³/mol. The van der Waals surface area contributed by atoms with Gasteiger partial charge >= 0.3 is 0 Å². The maximum Gasteiger partial charge on any atom is 0.256 e. The molecule has 3 heterocycles. The number of ether oxygens (including phenoxy) is 1. The lowest BCUT2D eigenvalue weighted by Crippen LogP contribution is -2.53. The van der Waals surface area contributed by atoms with Crippen molar-refractivity contribution in [2.24, 2.45) is 0 Å². The van der Waals surface area contributed by atoms with Gasteiger partial charge in [-0.2, -0.15) is 0 Å². The molecule has 0 spiro atoms. The first-order chi connectivity index (χ1) is 12.1. The van der Waals surface area contributed by atoms with Gasteiger partial charge in [-0.15, -0.1) is 0 Å². The van der Waals surface area contributed by atoms with Crippen LogP contribution in [0.2, 0.25) is 0 Å². The second kappa shape index (κ2) is 7.82. The van der Waals surface area contributed by atoms with Crippen LogP contribution in [0.3, 0.4) is 0 Å². The van der Waals surface area contributed by atoms with Crippen LogP contribution in [0.15, 0.2) is 18.3 Å². The molecule has 0 radical (unpaired) electrons. The Hall–Kier alpha value is -2.15. The fourth-order valence-corrected chi connectivity index (χ4v) is 3.41. The van der Waals surface area contributed by atoms with E-state index in [2.05, 4.69) is 16.9 Å². The zero-order valence-corrected chi connectivity index (χ0v) is 15.0. The molecule has 0 aromatic carbocycles. The maximum absolute atomic E-state index is 12.9. The third kappa shape index (κ3) is 3.92. The number of hydrogen-bond donors (Lipinski definition) is 0. The normalized spacial score (nSPS) is 21.4. The number of pyridine rings is 1. The topological polar surface area (TPSA) is 66.0 Å². The highest BCUT2D eigenvalue weighted by molar-refractivity contribution is 5.97. The quantitative estimate of drug-likeness (QED) is 0.809. The second-order valence-corrected chi connectivity index (χ2v) is 6.60. The molecule has 25 heavy (non-hydrogen) atoms. The van der Waals surface area contributed by atoms with E-state index < -0.39 is 0 Å². The Kier molecular flexibility index (Phi) is 5.53. The summed E-state index contributed by atoms with van der Waals surface area (Å²) in [6, 6.07) is 3.07. The van der Waals surface area contributed by atoms with Crippen molar-refractivity contribution < 1.29 is 14.3 Å². The lowest BCUT2D eigenvalue weighted by atomic mass is 10.1. The molecular weight excluding hydrogens is 320 g/mol. The van der Waals surface area contributed by atoms with E-state index >= 15 is 0 Å². The van der Waals surface area contributed by atoms with E-state index in [-0.39, 0.29) is 17.9 Å². The predicted octanol–water partition coefficient (Wildman–Crippen LogP) is 0.859. The monoisotopic (exact) mass is 346 g/mol. The van der Waals surface area contributed by atoms with E-state index in [9.17, 15) is 9.59 Å². The van der Waals surface area contributed by atoms with Crippen LogP contribution in [0.5, 0.6) is 5.88 Å². The van der Waals surface area contributed by atoms with Gasteiger partial charge < -0.3 is 19.4 Å². The molecule has 1 unspecified atom stereocenters. The van der Waals surface area contributed by atoms with E-state index in [4.69, 9.17) is 4.74 Å². The minimum Gasteiger partial charge on any atom is -0.478 e. The van der Waals surface area contributed by atoms with Crippen molar-refractivity contribution >= 4 is 11.8 Å². The zero-order valence-electron chi connectivity index (χ0n) is 15.0. The molecule has 7 nitrogen and oxygen atoms in total. The van der Waals surface area contributed by atoms with Gasteiger partial charge in [-0.05, 0) is 32.9 Å². The Labute approximate surface area is 148 Å². The Morgan fingerprint density at radius 1 is 1.20 bits per heavy atom. The summed E-state index contributed by atoms with van der Waals surface area (Å²) in [5.74, 6) is 0.462. The zero-order chi connectivity index (χ0) is 17.8. The first-order valence-electron chi connectivity index (χ1n) is 8.97. The molecule has 1 aromatic heterocycles. The molecule has 0 N–H and O–H groups in total. The lowest BCUT2D eigenvalue weighted by Gasteiger charge is -2.35. The van der Waals surface area contributed by atoms with Gasteiger partial charge in [-0.25, -0.2) is 4.98 Å². The maximum atomic E-state index is 12.9. The van der Waals surface area contributed by atoms with Gasteiger partial charge in [-0.1, -0.05) is 0 Å². The number of hydrogen-bond acceptors (Lipinski definition) is 5. The summed E-state index contributed by atoms with van der Waals surface area (Å²) in [4.78, 5) is 35.7. The number of likely N-dealkylation sites (tertiary alicyclic amines) is 1. The average Bonchev–Trinajstić information content (AvgIpc) is 3.12. The van der Waals surface area contributed by atoms with Crippen molar-refractivity contribution in [2.75, 3.05) is 46.4 Å². The van der Waals surface area contributed by atoms with Crippen LogP contribution in [0.1, 0.15) is 30.1 Å². The molecule has 2 saturated heterocycles. The van der Waals surface area contributed by atoms with Gasteiger partial charge in [0.1, 0.15) is 6.04 Å². The van der Waals surface area contributed by atoms with Crippen LogP contribution in [0.4, 0.5) is 0 Å². The van der Waals surface area contributed by atoms with Gasteiger partial charge in [0, 0.05) is 45.0 Å². The minimum absolute atomic E-state index is 0.0813. The highest BCUT2D eigenvalue weighted by Crippen LogP contribution is 2.23. The Morgan fingerprint density at radius 2 is 1.96 bits per heavy atom. The third-order valence-electron chi connectivity index (χ3n) is 4.89. The van der Waals surface area contributed by atoms with Gasteiger partial charge in [0.15, 0.2) is 0 Å². The molecule has 1 aromatic rings. The molecule has 136 valence electrons. The summed E-state index contributed by atoms with van der Waals surface area (Å²) in [6.07, 6.45) is 3.13. The fraction of sp³-hybridized carbons (Fsp3) is 0.611. The summed E-state index contributed by atoms with van der Waals surface area (Å²) in [5.41, 5.74) is 0.501. The lowest BCUT2D eigenvalue weighted by molar-refractivity contribution is -0.136. The molecule has 2 aliphatic heterocycles. The molecule has 2 fully saturated rings. The number of aromatic nitrogens is 1. The largest absolute Gasteiger partial charge is 0.478 e. The number of carbonyl (C=O) groups is 2. The van der Waals surface area contributed by atoms with Crippen molar-refractivity contribution in [3.8, 4) is 5.88 Å². The van der Waals surface area contributed by atoms with Crippen molar-refractivity contribution in [3.05, 3.63) is 23.9 Å². The molecule has 2 amide bonds. The van der Waals surface area contributed by atoms with Crippen LogP contribution in [-0.4, -0.2) is 83.9 Å². The summed E-state index contributed by atoms with van der Waals surface area (Å²) >= 11 is 0. The SMILES string of the molecule is CCOc1ccc(C(=O)N2CCCC2C(=O)N2CCN(C)CC2)cn1. The first-order valence-corrected chi connectivity index (χ1v) is 8.97. The standard InChI is InChI=1S/C18H26N4O3/c1-3-25-16-7-6-14(13-19-16)17(23)22-8-4-5-15(22)18(24)21-11-9-20(2)10-12-21/h6-7,13,15H,3-5,8-12H2,1-2H3. The number of amides is 2. The summed E-state index contributed by atoms with van der Waals surface area (Å²) < 4.78 is 5.31. The highest BCUT2D eigenvalue weighted by atomic mass is 16.5. The van der Waals surface area contributed by atoms with Crippen molar-refractivity contribution in [1.82, 2.24) is 19.7 Å². The highest BCUT2D eigenvalue weighted by Gasteiger charge is 2.37. The van der Waals surface area contributed by atoms with Gasteiger partial charge in [0.2, 0.25) is 11.8 Å². The van der Waals surface area contributed by atoms with Gasteiger partial charge in [-0.3, -0.25) is 9.59 Å². The summed E-state index contributed by atoms with van der Waals surface area (Å²) in [5, 5.41) is 0. The molecule has 0 aliphatic carbocycles. The molecule has 0 bridgehead atoms. The molecule has 1 atom stereocenters. The number of piperazine rings is 1. The molecule has 2 aliphatic rings. The molecular formula is C18H26N4O3. The number of likely N-dealkylation sites (N-methyl/N-ethyl adjacent to an activating group) is 1.